The van der Waals surface area contributed by atoms with Crippen LogP contribution in [0.3, 0.4) is 0 Å². The van der Waals surface area contributed by atoms with Crippen LogP contribution in [-0.2, 0) is 0 Å². The molecule has 0 bridgehead atoms. The average molecular weight is 462 g/mol. The molecule has 3 aromatic rings. The molecule has 0 spiro atoms. The van der Waals surface area contributed by atoms with Crippen LogP contribution in [0.5, 0.6) is 11.9 Å². The zero-order valence-electron chi connectivity index (χ0n) is 14.8. The highest BCUT2D eigenvalue weighted by molar-refractivity contribution is 9.10. The van der Waals surface area contributed by atoms with Crippen LogP contribution in [-0.4, -0.2) is 45.3 Å². The number of primary amides is 1. The van der Waals surface area contributed by atoms with Crippen molar-refractivity contribution in [2.24, 2.45) is 5.73 Å². The van der Waals surface area contributed by atoms with Crippen molar-refractivity contribution in [1.82, 2.24) is 19.9 Å². The van der Waals surface area contributed by atoms with Gasteiger partial charge in [-0.05, 0) is 24.0 Å². The van der Waals surface area contributed by atoms with Gasteiger partial charge in [0.1, 0.15) is 13.2 Å². The highest BCUT2D eigenvalue weighted by atomic mass is 79.9. The van der Waals surface area contributed by atoms with Crippen molar-refractivity contribution in [2.75, 3.05) is 19.5 Å². The summed E-state index contributed by atoms with van der Waals surface area (Å²) in [7, 11) is 0. The minimum Gasteiger partial charge on any atom is -0.474 e. The first-order valence-electron chi connectivity index (χ1n) is 8.11. The SMILES string of the molecule is CSc1cnc(OCCOc2nc(C(N)=O)ncc2-c2ccc(Br)cc2)nc1. The van der Waals surface area contributed by atoms with Crippen LogP contribution >= 0.6 is 27.7 Å². The normalized spacial score (nSPS) is 10.5. The second-order valence-corrected chi connectivity index (χ2v) is 7.18. The Morgan fingerprint density at radius 3 is 2.39 bits per heavy atom. The maximum absolute atomic E-state index is 11.4. The lowest BCUT2D eigenvalue weighted by Gasteiger charge is -2.11. The van der Waals surface area contributed by atoms with Crippen LogP contribution in [0, 0.1) is 0 Å². The van der Waals surface area contributed by atoms with Crippen molar-refractivity contribution in [3.05, 3.63) is 53.2 Å². The van der Waals surface area contributed by atoms with Gasteiger partial charge in [0, 0.05) is 28.0 Å². The Hall–Kier alpha value is -2.72. The quantitative estimate of drug-likeness (QED) is 0.402. The number of halogens is 1. The van der Waals surface area contributed by atoms with Gasteiger partial charge in [-0.1, -0.05) is 28.1 Å². The van der Waals surface area contributed by atoms with E-state index >= 15 is 0 Å². The number of amides is 1. The van der Waals surface area contributed by atoms with Crippen molar-refractivity contribution in [3.8, 4) is 23.0 Å². The van der Waals surface area contributed by atoms with Gasteiger partial charge in [0.05, 0.1) is 5.56 Å². The lowest BCUT2D eigenvalue weighted by Crippen LogP contribution is -2.17. The third kappa shape index (κ3) is 5.17. The molecule has 8 nitrogen and oxygen atoms in total. The van der Waals surface area contributed by atoms with E-state index in [9.17, 15) is 4.79 Å². The lowest BCUT2D eigenvalue weighted by molar-refractivity contribution is 0.0989. The summed E-state index contributed by atoms with van der Waals surface area (Å²) in [5, 5.41) is 0. The summed E-state index contributed by atoms with van der Waals surface area (Å²) < 4.78 is 12.1. The van der Waals surface area contributed by atoms with E-state index in [4.69, 9.17) is 15.2 Å². The molecule has 1 aromatic carbocycles. The molecule has 0 aliphatic carbocycles. The van der Waals surface area contributed by atoms with E-state index in [1.807, 2.05) is 30.5 Å². The standard InChI is InChI=1S/C18H16BrN5O3S/c1-28-13-8-22-18(23-9-13)27-7-6-26-17-14(10-21-16(24-17)15(20)25)11-2-4-12(19)5-3-11/h2-5,8-10H,6-7H2,1H3,(H2,20,25). The first-order valence-corrected chi connectivity index (χ1v) is 10.1. The van der Waals surface area contributed by atoms with Gasteiger partial charge in [0.2, 0.25) is 11.7 Å². The second-order valence-electron chi connectivity index (χ2n) is 5.39. The smallest absolute Gasteiger partial charge is 0.316 e. The molecule has 0 saturated carbocycles. The Morgan fingerprint density at radius 2 is 1.75 bits per heavy atom. The second kappa shape index (κ2) is 9.47. The molecular formula is C18H16BrN5O3S. The number of hydrogen-bond acceptors (Lipinski definition) is 8. The number of aromatic nitrogens is 4. The first-order chi connectivity index (χ1) is 13.6. The highest BCUT2D eigenvalue weighted by Crippen LogP contribution is 2.28. The van der Waals surface area contributed by atoms with Crippen LogP contribution < -0.4 is 15.2 Å². The highest BCUT2D eigenvalue weighted by Gasteiger charge is 2.14. The fourth-order valence-corrected chi connectivity index (χ4v) is 2.76. The Balaban J connectivity index is 1.70. The van der Waals surface area contributed by atoms with E-state index in [0.717, 1.165) is 14.9 Å². The third-order valence-corrected chi connectivity index (χ3v) is 4.73. The predicted molar refractivity (Wildman–Crippen MR) is 108 cm³/mol. The number of carbonyl (C=O) groups excluding carboxylic acids is 1. The molecule has 0 aliphatic rings. The van der Waals surface area contributed by atoms with Crippen LogP contribution in [0.25, 0.3) is 11.1 Å². The zero-order valence-corrected chi connectivity index (χ0v) is 17.2. The number of nitrogens with zero attached hydrogens (tertiary/aromatic N) is 4. The van der Waals surface area contributed by atoms with Crippen molar-refractivity contribution in [3.63, 3.8) is 0 Å². The number of ether oxygens (including phenoxy) is 2. The molecule has 28 heavy (non-hydrogen) atoms. The molecule has 0 unspecified atom stereocenters. The predicted octanol–water partition coefficient (Wildman–Crippen LogP) is 2.97. The minimum atomic E-state index is -0.731. The molecule has 2 heterocycles. The number of carbonyl (C=O) groups is 1. The summed E-state index contributed by atoms with van der Waals surface area (Å²) in [4.78, 5) is 28.7. The largest absolute Gasteiger partial charge is 0.474 e. The molecule has 0 fully saturated rings. The molecule has 144 valence electrons. The molecule has 2 N–H and O–H groups in total. The molecule has 0 radical (unpaired) electrons. The number of benzene rings is 1. The monoisotopic (exact) mass is 461 g/mol. The Morgan fingerprint density at radius 1 is 1.07 bits per heavy atom. The van der Waals surface area contributed by atoms with Gasteiger partial charge in [0.15, 0.2) is 0 Å². The van der Waals surface area contributed by atoms with E-state index in [1.54, 1.807) is 24.2 Å². The van der Waals surface area contributed by atoms with E-state index in [0.29, 0.717) is 5.56 Å². The maximum Gasteiger partial charge on any atom is 0.316 e. The summed E-state index contributed by atoms with van der Waals surface area (Å²) in [5.74, 6) is -0.605. The van der Waals surface area contributed by atoms with Gasteiger partial charge in [-0.15, -0.1) is 11.8 Å². The van der Waals surface area contributed by atoms with Crippen molar-refractivity contribution >= 4 is 33.6 Å². The van der Waals surface area contributed by atoms with Crippen LogP contribution in [0.1, 0.15) is 10.6 Å². The molecule has 10 heteroatoms. The average Bonchev–Trinajstić information content (AvgIpc) is 2.72. The van der Waals surface area contributed by atoms with Gasteiger partial charge >= 0.3 is 6.01 Å². The fourth-order valence-electron chi connectivity index (χ4n) is 2.18. The van der Waals surface area contributed by atoms with Crippen LogP contribution in [0.2, 0.25) is 0 Å². The third-order valence-electron chi connectivity index (χ3n) is 3.52. The Bertz CT molecular complexity index is 954. The summed E-state index contributed by atoms with van der Waals surface area (Å²) in [6.07, 6.45) is 6.82. The van der Waals surface area contributed by atoms with E-state index < -0.39 is 5.91 Å². The van der Waals surface area contributed by atoms with Crippen molar-refractivity contribution < 1.29 is 14.3 Å². The van der Waals surface area contributed by atoms with E-state index in [2.05, 4.69) is 35.9 Å². The van der Waals surface area contributed by atoms with E-state index in [-0.39, 0.29) is 30.9 Å². The number of hydrogen-bond donors (Lipinski definition) is 1. The molecule has 1 amide bonds. The molecule has 0 atom stereocenters. The zero-order chi connectivity index (χ0) is 19.9. The molecular weight excluding hydrogens is 446 g/mol. The van der Waals surface area contributed by atoms with Gasteiger partial charge in [-0.25, -0.2) is 15.0 Å². The molecule has 0 saturated heterocycles. The lowest BCUT2D eigenvalue weighted by atomic mass is 10.1. The summed E-state index contributed by atoms with van der Waals surface area (Å²) in [6, 6.07) is 7.81. The van der Waals surface area contributed by atoms with Crippen LogP contribution in [0.15, 0.2) is 52.2 Å². The topological polar surface area (TPSA) is 113 Å². The summed E-state index contributed by atoms with van der Waals surface area (Å²) in [6.45, 7) is 0.376. The number of thioether (sulfide) groups is 1. The molecule has 2 aromatic heterocycles. The van der Waals surface area contributed by atoms with Crippen molar-refractivity contribution in [2.45, 2.75) is 4.90 Å². The van der Waals surface area contributed by atoms with Gasteiger partial charge in [-0.3, -0.25) is 4.79 Å². The van der Waals surface area contributed by atoms with E-state index in [1.165, 1.54) is 6.20 Å². The number of rotatable bonds is 8. The fraction of sp³-hybridized carbons (Fsp3) is 0.167. The van der Waals surface area contributed by atoms with Gasteiger partial charge in [-0.2, -0.15) is 4.98 Å². The Kier molecular flexibility index (Phi) is 6.77. The number of nitrogens with two attached hydrogens (primary N) is 1. The van der Waals surface area contributed by atoms with Crippen LogP contribution in [0.4, 0.5) is 0 Å². The maximum atomic E-state index is 11.4. The summed E-state index contributed by atoms with van der Waals surface area (Å²) >= 11 is 4.94. The molecule has 3 rings (SSSR count). The van der Waals surface area contributed by atoms with Crippen molar-refractivity contribution in [1.29, 1.82) is 0 Å². The first kappa shape index (κ1) is 20.0. The summed E-state index contributed by atoms with van der Waals surface area (Å²) in [5.41, 5.74) is 6.75. The van der Waals surface area contributed by atoms with Gasteiger partial charge in [0.25, 0.3) is 5.91 Å². The minimum absolute atomic E-state index is 0.118. The van der Waals surface area contributed by atoms with Gasteiger partial charge < -0.3 is 15.2 Å². The molecule has 0 aliphatic heterocycles. The Labute approximate surface area is 174 Å².